The number of hydrogen-bond acceptors (Lipinski definition) is 1. The first-order chi connectivity index (χ1) is 29.0. The van der Waals surface area contributed by atoms with Gasteiger partial charge >= 0.3 is 0 Å². The van der Waals surface area contributed by atoms with Crippen molar-refractivity contribution in [3.63, 3.8) is 0 Å². The van der Waals surface area contributed by atoms with E-state index in [0.29, 0.717) is 38.2 Å². The predicted molar refractivity (Wildman–Crippen MR) is 190 cm³/mol. The van der Waals surface area contributed by atoms with E-state index in [0.717, 1.165) is 5.56 Å². The van der Waals surface area contributed by atoms with E-state index >= 15 is 0 Å². The molecule has 1 nitrogen and oxygen atoms in total. The smallest absolute Gasteiger partial charge is 0.143 e. The first-order valence-electron chi connectivity index (χ1n) is 22.1. The van der Waals surface area contributed by atoms with E-state index < -0.39 is 90.2 Å². The van der Waals surface area contributed by atoms with Gasteiger partial charge in [0, 0.05) is 16.3 Å². The summed E-state index contributed by atoms with van der Waals surface area (Å²) in [6.45, 7) is 0. The molecule has 1 aromatic heterocycles. The van der Waals surface area contributed by atoms with Crippen molar-refractivity contribution >= 4 is 43.5 Å². The molecule has 0 atom stereocenters. The van der Waals surface area contributed by atoms with Crippen LogP contribution in [-0.2, 0) is 0 Å². The summed E-state index contributed by atoms with van der Waals surface area (Å²) in [4.78, 5) is 0. The lowest BCUT2D eigenvalue weighted by Crippen LogP contribution is -1.91. The lowest BCUT2D eigenvalue weighted by Gasteiger charge is -2.18. The molecule has 0 bridgehead atoms. The Morgan fingerprint density at radius 3 is 1.56 bits per heavy atom. The second-order valence-corrected chi connectivity index (χ2v) is 10.4. The molecular weight excluding hydrogens is 544 g/mol. The van der Waals surface area contributed by atoms with Gasteiger partial charge in [0.25, 0.3) is 0 Å². The van der Waals surface area contributed by atoms with Crippen LogP contribution in [0.4, 0.5) is 0 Å². The van der Waals surface area contributed by atoms with Crippen molar-refractivity contribution < 1.29 is 26.3 Å². The minimum Gasteiger partial charge on any atom is -0.455 e. The summed E-state index contributed by atoms with van der Waals surface area (Å²) >= 11 is 0. The van der Waals surface area contributed by atoms with Crippen LogP contribution in [0.1, 0.15) is 21.9 Å². The van der Waals surface area contributed by atoms with Crippen LogP contribution in [0.15, 0.2) is 174 Å². The molecular formula is C44H28O. The fraction of sp³-hybridized carbons (Fsp3) is 0. The van der Waals surface area contributed by atoms with Gasteiger partial charge in [-0.05, 0) is 66.5 Å². The zero-order valence-corrected chi connectivity index (χ0v) is 23.3. The average molecular weight is 589 g/mol. The summed E-state index contributed by atoms with van der Waals surface area (Å²) in [6, 6.07) is 12.9. The normalized spacial score (nSPS) is 16.5. The molecule has 0 N–H and O–H groups in total. The quantitative estimate of drug-likeness (QED) is 0.186. The van der Waals surface area contributed by atoms with Gasteiger partial charge in [-0.1, -0.05) is 163 Å². The van der Waals surface area contributed by atoms with Gasteiger partial charge in [-0.15, -0.1) is 0 Å². The maximum atomic E-state index is 9.46. The van der Waals surface area contributed by atoms with Gasteiger partial charge in [0.05, 0.1) is 21.9 Å². The maximum absolute atomic E-state index is 9.46. The van der Waals surface area contributed by atoms with E-state index in [1.165, 1.54) is 0 Å². The van der Waals surface area contributed by atoms with E-state index in [4.69, 9.17) is 23.6 Å². The van der Waals surface area contributed by atoms with Crippen molar-refractivity contribution in [2.24, 2.45) is 0 Å². The lowest BCUT2D eigenvalue weighted by atomic mass is 9.84. The van der Waals surface area contributed by atoms with Crippen LogP contribution in [-0.4, -0.2) is 0 Å². The molecule has 9 rings (SSSR count). The second-order valence-electron chi connectivity index (χ2n) is 10.4. The molecule has 0 unspecified atom stereocenters. The molecule has 0 fully saturated rings. The molecule has 210 valence electrons. The maximum Gasteiger partial charge on any atom is 0.143 e. The van der Waals surface area contributed by atoms with Crippen molar-refractivity contribution in [1.29, 1.82) is 0 Å². The van der Waals surface area contributed by atoms with E-state index in [1.54, 1.807) is 36.4 Å². The number of benzene rings is 8. The number of hydrogen-bond donors (Lipinski definition) is 0. The van der Waals surface area contributed by atoms with E-state index in [1.807, 2.05) is 36.4 Å². The van der Waals surface area contributed by atoms with E-state index in [9.17, 15) is 2.74 Å². The zero-order valence-electron chi connectivity index (χ0n) is 39.3. The van der Waals surface area contributed by atoms with E-state index in [2.05, 4.69) is 0 Å². The van der Waals surface area contributed by atoms with Crippen LogP contribution < -0.4 is 0 Å². The summed E-state index contributed by atoms with van der Waals surface area (Å²) in [6.07, 6.45) is 0. The number of para-hydroxylation sites is 1. The third-order valence-electron chi connectivity index (χ3n) is 8.02. The molecule has 0 amide bonds. The average Bonchev–Trinajstić information content (AvgIpc) is 3.66. The van der Waals surface area contributed by atoms with Crippen LogP contribution >= 0.6 is 0 Å². The minimum atomic E-state index is -0.688. The Labute approximate surface area is 284 Å². The summed E-state index contributed by atoms with van der Waals surface area (Å²) < 4.78 is 144. The SMILES string of the molecule is [2H]c1c([2H])c([2H])c(-c2ccc(-c3c4ccccc4c(-c4c([2H])c([2H])c([2H])c5oc6c(-c7c([2H])c([2H])c([2H])c([2H])c7[2H])c([2H])c([2H])c([2H])c6c45)c4ccccc34)cc2)c([2H])c1[2H]. The monoisotopic (exact) mass is 588 g/mol. The van der Waals surface area contributed by atoms with Crippen molar-refractivity contribution in [3.8, 4) is 44.5 Å². The molecule has 0 aliphatic rings. The lowest BCUT2D eigenvalue weighted by molar-refractivity contribution is 0.670. The minimum absolute atomic E-state index is 0.0131. The van der Waals surface area contributed by atoms with Crippen LogP contribution in [0.25, 0.3) is 88.0 Å². The fourth-order valence-electron chi connectivity index (χ4n) is 6.12. The van der Waals surface area contributed by atoms with Crippen LogP contribution in [0.3, 0.4) is 0 Å². The Morgan fingerprint density at radius 2 is 0.911 bits per heavy atom. The highest BCUT2D eigenvalue weighted by molar-refractivity contribution is 6.26. The van der Waals surface area contributed by atoms with Gasteiger partial charge in [-0.25, -0.2) is 0 Å². The van der Waals surface area contributed by atoms with Gasteiger partial charge < -0.3 is 4.42 Å². The molecule has 8 aromatic carbocycles. The van der Waals surface area contributed by atoms with Gasteiger partial charge in [0.1, 0.15) is 11.2 Å². The zero-order chi connectivity index (χ0) is 43.7. The Morgan fingerprint density at radius 1 is 0.378 bits per heavy atom. The Bertz CT molecular complexity index is 3310. The molecule has 1 heteroatoms. The van der Waals surface area contributed by atoms with Crippen LogP contribution in [0, 0.1) is 0 Å². The van der Waals surface area contributed by atoms with E-state index in [-0.39, 0.29) is 50.7 Å². The highest BCUT2D eigenvalue weighted by Crippen LogP contribution is 2.47. The Balaban J connectivity index is 1.40. The van der Waals surface area contributed by atoms with Crippen molar-refractivity contribution in [2.45, 2.75) is 0 Å². The largest absolute Gasteiger partial charge is 0.455 e. The molecule has 9 aromatic rings. The van der Waals surface area contributed by atoms with Crippen molar-refractivity contribution in [2.75, 3.05) is 0 Å². The van der Waals surface area contributed by atoms with Crippen molar-refractivity contribution in [3.05, 3.63) is 169 Å². The van der Waals surface area contributed by atoms with Crippen LogP contribution in [0.5, 0.6) is 0 Å². The Hall–Kier alpha value is -5.92. The first kappa shape index (κ1) is 14.2. The molecule has 0 saturated carbocycles. The number of fused-ring (bicyclic) bond motifs is 5. The summed E-state index contributed by atoms with van der Waals surface area (Å²) in [5, 5.41) is 2.44. The van der Waals surface area contributed by atoms with Gasteiger partial charge in [-0.2, -0.15) is 0 Å². The number of furan rings is 1. The second kappa shape index (κ2) is 10.4. The predicted octanol–water partition coefficient (Wildman–Crippen LogP) is 12.6. The summed E-state index contributed by atoms with van der Waals surface area (Å²) in [5.41, 5.74) is 1.11. The molecule has 45 heavy (non-hydrogen) atoms. The van der Waals surface area contributed by atoms with Crippen molar-refractivity contribution in [1.82, 2.24) is 0 Å². The highest BCUT2D eigenvalue weighted by Gasteiger charge is 2.21. The standard InChI is InChI=1S/C44H28O/c1-3-13-29(14-4-1)30-25-27-32(28-26-30)41-34-17-7-9-19-36(34)42(37-20-10-8-18-35(37)41)38-22-12-24-40-43(38)39-23-11-21-33(44(39)45-40)31-15-5-2-6-16-31/h1-28H/i1D,2D,3D,4D,5D,6D,11D,12D,13D,14D,15D,16D,21D,22D,23D,24D. The van der Waals surface area contributed by atoms with Gasteiger partial charge in [0.2, 0.25) is 0 Å². The summed E-state index contributed by atoms with van der Waals surface area (Å²) in [7, 11) is 0. The number of rotatable bonds is 4. The molecule has 0 saturated heterocycles. The fourth-order valence-corrected chi connectivity index (χ4v) is 6.12. The molecule has 0 radical (unpaired) electrons. The highest BCUT2D eigenvalue weighted by atomic mass is 16.3. The molecule has 1 heterocycles. The summed E-state index contributed by atoms with van der Waals surface area (Å²) in [5.74, 6) is 0. The Kier molecular flexibility index (Phi) is 3.28. The van der Waals surface area contributed by atoms with Gasteiger partial charge in [-0.3, -0.25) is 0 Å². The third-order valence-corrected chi connectivity index (χ3v) is 8.02. The third kappa shape index (κ3) is 4.09. The first-order valence-corrected chi connectivity index (χ1v) is 14.1. The molecule has 0 aliphatic heterocycles. The van der Waals surface area contributed by atoms with Crippen LogP contribution in [0.2, 0.25) is 0 Å². The van der Waals surface area contributed by atoms with Gasteiger partial charge in [0.15, 0.2) is 0 Å². The molecule has 0 aliphatic carbocycles. The topological polar surface area (TPSA) is 13.1 Å². The molecule has 0 spiro atoms.